The van der Waals surface area contributed by atoms with Crippen LogP contribution < -0.4 is 25.3 Å². The van der Waals surface area contributed by atoms with Gasteiger partial charge in [-0.3, -0.25) is 9.59 Å². The van der Waals surface area contributed by atoms with Crippen molar-refractivity contribution in [2.24, 2.45) is 5.73 Å². The molecule has 0 saturated carbocycles. The summed E-state index contributed by atoms with van der Waals surface area (Å²) in [5.41, 5.74) is 8.07. The summed E-state index contributed by atoms with van der Waals surface area (Å²) in [4.78, 5) is 23.0. The minimum absolute atomic E-state index is 0.198. The molecule has 0 aliphatic heterocycles. The number of primary amides is 1. The van der Waals surface area contributed by atoms with Crippen LogP contribution in [0.1, 0.15) is 16.7 Å². The molecule has 0 spiro atoms. The number of carbonyl (C=O) groups is 2. The summed E-state index contributed by atoms with van der Waals surface area (Å²) in [6.45, 7) is 0.797. The van der Waals surface area contributed by atoms with E-state index in [1.54, 1.807) is 24.3 Å². The molecule has 3 aromatic rings. The van der Waals surface area contributed by atoms with E-state index < -0.39 is 5.91 Å². The minimum Gasteiger partial charge on any atom is -0.493 e. The van der Waals surface area contributed by atoms with E-state index >= 15 is 0 Å². The Morgan fingerprint density at radius 2 is 1.68 bits per heavy atom. The third-order valence-electron chi connectivity index (χ3n) is 4.87. The first-order valence-corrected chi connectivity index (χ1v) is 10.8. The molecule has 7 heteroatoms. The zero-order valence-electron chi connectivity index (χ0n) is 19.0. The summed E-state index contributed by atoms with van der Waals surface area (Å²) in [6, 6.07) is 23.0. The van der Waals surface area contributed by atoms with E-state index in [0.717, 1.165) is 22.4 Å². The SMILES string of the molecule is COc1cc(C=CC(=O)NCCc2ccc(OCc3ccccc3)cc2)ccc1OCC(N)=O. The molecular weight excluding hydrogens is 432 g/mol. The second kappa shape index (κ2) is 12.7. The number of methoxy groups -OCH3 is 1. The lowest BCUT2D eigenvalue weighted by Gasteiger charge is -2.10. The molecule has 0 fully saturated rings. The highest BCUT2D eigenvalue weighted by atomic mass is 16.5. The minimum atomic E-state index is -0.574. The van der Waals surface area contributed by atoms with Gasteiger partial charge in [0.1, 0.15) is 12.4 Å². The Balaban J connectivity index is 1.42. The second-order valence-corrected chi connectivity index (χ2v) is 7.46. The Labute approximate surface area is 199 Å². The maximum atomic E-state index is 12.2. The van der Waals surface area contributed by atoms with Gasteiger partial charge >= 0.3 is 0 Å². The highest BCUT2D eigenvalue weighted by molar-refractivity contribution is 5.91. The van der Waals surface area contributed by atoms with Gasteiger partial charge < -0.3 is 25.3 Å². The fourth-order valence-electron chi connectivity index (χ4n) is 3.11. The average Bonchev–Trinajstić information content (AvgIpc) is 2.86. The van der Waals surface area contributed by atoms with Crippen LogP contribution in [-0.2, 0) is 22.6 Å². The van der Waals surface area contributed by atoms with Crippen LogP contribution in [0.15, 0.2) is 78.9 Å². The quantitative estimate of drug-likeness (QED) is 0.403. The van der Waals surface area contributed by atoms with E-state index in [4.69, 9.17) is 19.9 Å². The molecule has 7 nitrogen and oxygen atoms in total. The van der Waals surface area contributed by atoms with Crippen molar-refractivity contribution in [2.45, 2.75) is 13.0 Å². The second-order valence-electron chi connectivity index (χ2n) is 7.46. The van der Waals surface area contributed by atoms with Crippen LogP contribution in [0.2, 0.25) is 0 Å². The summed E-state index contributed by atoms with van der Waals surface area (Å²) in [5, 5.41) is 2.87. The normalized spacial score (nSPS) is 10.6. The number of ether oxygens (including phenoxy) is 3. The zero-order valence-corrected chi connectivity index (χ0v) is 19.0. The fourth-order valence-corrected chi connectivity index (χ4v) is 3.11. The molecule has 3 rings (SSSR count). The molecule has 0 unspecified atom stereocenters. The Morgan fingerprint density at radius 1 is 0.912 bits per heavy atom. The first-order valence-electron chi connectivity index (χ1n) is 10.8. The maximum absolute atomic E-state index is 12.2. The van der Waals surface area contributed by atoms with Crippen molar-refractivity contribution in [1.82, 2.24) is 5.32 Å². The van der Waals surface area contributed by atoms with E-state index in [9.17, 15) is 9.59 Å². The maximum Gasteiger partial charge on any atom is 0.255 e. The van der Waals surface area contributed by atoms with Gasteiger partial charge in [-0.2, -0.15) is 0 Å². The van der Waals surface area contributed by atoms with Crippen molar-refractivity contribution in [3.8, 4) is 17.2 Å². The topological polar surface area (TPSA) is 99.9 Å². The predicted molar refractivity (Wildman–Crippen MR) is 131 cm³/mol. The number of benzene rings is 3. The molecule has 0 bridgehead atoms. The molecule has 176 valence electrons. The van der Waals surface area contributed by atoms with Crippen molar-refractivity contribution in [3.63, 3.8) is 0 Å². The van der Waals surface area contributed by atoms with E-state index in [-0.39, 0.29) is 12.5 Å². The molecule has 0 aromatic heterocycles. The van der Waals surface area contributed by atoms with Crippen LogP contribution >= 0.6 is 0 Å². The summed E-state index contributed by atoms with van der Waals surface area (Å²) in [5.74, 6) is 0.881. The average molecular weight is 461 g/mol. The number of amides is 2. The summed E-state index contributed by atoms with van der Waals surface area (Å²) in [7, 11) is 1.49. The third-order valence-corrected chi connectivity index (χ3v) is 4.87. The van der Waals surface area contributed by atoms with Crippen LogP contribution in [0.3, 0.4) is 0 Å². The molecule has 0 saturated heterocycles. The molecule has 3 aromatic carbocycles. The van der Waals surface area contributed by atoms with E-state index in [1.165, 1.54) is 13.2 Å². The first-order chi connectivity index (χ1) is 16.5. The lowest BCUT2D eigenvalue weighted by atomic mass is 10.1. The van der Waals surface area contributed by atoms with Gasteiger partial charge in [-0.15, -0.1) is 0 Å². The standard InChI is InChI=1S/C27H28N2O5/c1-32-25-17-21(9-13-24(25)34-19-26(28)30)10-14-27(31)29-16-15-20-7-11-23(12-8-20)33-18-22-5-3-2-4-6-22/h2-14,17H,15-16,18-19H2,1H3,(H2,28,30)(H,29,31). The number of rotatable bonds is 12. The largest absolute Gasteiger partial charge is 0.493 e. The lowest BCUT2D eigenvalue weighted by Crippen LogP contribution is -2.23. The van der Waals surface area contributed by atoms with Gasteiger partial charge in [0.2, 0.25) is 5.91 Å². The van der Waals surface area contributed by atoms with Gasteiger partial charge in [0.25, 0.3) is 5.91 Å². The van der Waals surface area contributed by atoms with Gasteiger partial charge in [0, 0.05) is 12.6 Å². The van der Waals surface area contributed by atoms with Gasteiger partial charge in [-0.1, -0.05) is 48.5 Å². The summed E-state index contributed by atoms with van der Waals surface area (Å²) >= 11 is 0. The molecule has 34 heavy (non-hydrogen) atoms. The van der Waals surface area contributed by atoms with Crippen LogP contribution in [0.4, 0.5) is 0 Å². The highest BCUT2D eigenvalue weighted by Crippen LogP contribution is 2.28. The number of carbonyl (C=O) groups excluding carboxylic acids is 2. The molecular formula is C27H28N2O5. The fraction of sp³-hybridized carbons (Fsp3) is 0.185. The van der Waals surface area contributed by atoms with Crippen molar-refractivity contribution < 1.29 is 23.8 Å². The summed E-state index contributed by atoms with van der Waals surface area (Å²) in [6.07, 6.45) is 3.84. The van der Waals surface area contributed by atoms with Crippen molar-refractivity contribution >= 4 is 17.9 Å². The Kier molecular flexibility index (Phi) is 9.10. The Morgan fingerprint density at radius 3 is 2.38 bits per heavy atom. The molecule has 0 radical (unpaired) electrons. The molecule has 0 heterocycles. The smallest absolute Gasteiger partial charge is 0.255 e. The molecule has 0 aliphatic rings. The van der Waals surface area contributed by atoms with E-state index in [1.807, 2.05) is 54.6 Å². The highest BCUT2D eigenvalue weighted by Gasteiger charge is 2.06. The first kappa shape index (κ1) is 24.4. The number of hydrogen-bond donors (Lipinski definition) is 2. The molecule has 0 atom stereocenters. The van der Waals surface area contributed by atoms with Gasteiger partial charge in [-0.25, -0.2) is 0 Å². The summed E-state index contributed by atoms with van der Waals surface area (Å²) < 4.78 is 16.4. The Bertz CT molecular complexity index is 1110. The lowest BCUT2D eigenvalue weighted by molar-refractivity contribution is -0.120. The number of nitrogens with two attached hydrogens (primary N) is 1. The molecule has 0 aliphatic carbocycles. The predicted octanol–water partition coefficient (Wildman–Crippen LogP) is 3.51. The van der Waals surface area contributed by atoms with Crippen LogP contribution in [0, 0.1) is 0 Å². The van der Waals surface area contributed by atoms with Crippen molar-refractivity contribution in [3.05, 3.63) is 95.6 Å². The third kappa shape index (κ3) is 8.02. The number of hydrogen-bond acceptors (Lipinski definition) is 5. The van der Waals surface area contributed by atoms with Gasteiger partial charge in [-0.05, 0) is 53.5 Å². The number of nitrogens with one attached hydrogen (secondary N) is 1. The van der Waals surface area contributed by atoms with E-state index in [0.29, 0.717) is 31.1 Å². The van der Waals surface area contributed by atoms with Gasteiger partial charge in [0.05, 0.1) is 7.11 Å². The van der Waals surface area contributed by atoms with Crippen LogP contribution in [0.25, 0.3) is 6.08 Å². The zero-order chi connectivity index (χ0) is 24.2. The molecule has 2 amide bonds. The Hall–Kier alpha value is -4.26. The monoisotopic (exact) mass is 460 g/mol. The van der Waals surface area contributed by atoms with Crippen molar-refractivity contribution in [1.29, 1.82) is 0 Å². The molecule has 3 N–H and O–H groups in total. The van der Waals surface area contributed by atoms with Crippen LogP contribution in [-0.4, -0.2) is 32.1 Å². The van der Waals surface area contributed by atoms with E-state index in [2.05, 4.69) is 5.32 Å². The van der Waals surface area contributed by atoms with Gasteiger partial charge in [0.15, 0.2) is 18.1 Å². The van der Waals surface area contributed by atoms with Crippen molar-refractivity contribution in [2.75, 3.05) is 20.3 Å². The van der Waals surface area contributed by atoms with Crippen LogP contribution in [0.5, 0.6) is 17.2 Å².